The molecule has 3 N–H and O–H groups in total. The van der Waals surface area contributed by atoms with Crippen LogP contribution in [0.3, 0.4) is 0 Å². The molecule has 38 heavy (non-hydrogen) atoms. The summed E-state index contributed by atoms with van der Waals surface area (Å²) < 4.78 is 1.71. The lowest BCUT2D eigenvalue weighted by Crippen LogP contribution is -2.30. The highest BCUT2D eigenvalue weighted by molar-refractivity contribution is 6.11. The Morgan fingerprint density at radius 1 is 1.03 bits per heavy atom. The van der Waals surface area contributed by atoms with Gasteiger partial charge < -0.3 is 15.4 Å². The van der Waals surface area contributed by atoms with Gasteiger partial charge in [0.25, 0.3) is 0 Å². The molecule has 1 atom stereocenters. The third-order valence-corrected chi connectivity index (χ3v) is 6.76. The predicted octanol–water partition coefficient (Wildman–Crippen LogP) is 4.98. The van der Waals surface area contributed by atoms with E-state index in [9.17, 15) is 9.59 Å². The average Bonchev–Trinajstić information content (AvgIpc) is 3.59. The second-order valence-electron chi connectivity index (χ2n) is 9.34. The van der Waals surface area contributed by atoms with E-state index in [-0.39, 0.29) is 18.2 Å². The Kier molecular flexibility index (Phi) is 7.58. The summed E-state index contributed by atoms with van der Waals surface area (Å²) >= 11 is 0. The molecule has 5 rings (SSSR count). The molecule has 0 fully saturated rings. The molecule has 0 aliphatic carbocycles. The maximum Gasteiger partial charge on any atom is 0.186 e. The fourth-order valence-electron chi connectivity index (χ4n) is 4.68. The fourth-order valence-corrected chi connectivity index (χ4v) is 4.68. The molecule has 0 aliphatic heterocycles. The number of carbonyl (C=O) groups excluding carboxylic acids is 2. The lowest BCUT2D eigenvalue weighted by molar-refractivity contribution is 0.0944. The Bertz CT molecular complexity index is 1550. The van der Waals surface area contributed by atoms with Crippen molar-refractivity contribution >= 4 is 22.5 Å². The highest BCUT2D eigenvalue weighted by Gasteiger charge is 2.24. The van der Waals surface area contributed by atoms with Crippen molar-refractivity contribution in [1.82, 2.24) is 20.1 Å². The molecular formula is C31H30N4O3. The lowest BCUT2D eigenvalue weighted by atomic mass is 9.96. The molecule has 5 aromatic rings. The first kappa shape index (κ1) is 25.3. The van der Waals surface area contributed by atoms with E-state index in [2.05, 4.69) is 15.4 Å². The van der Waals surface area contributed by atoms with Crippen LogP contribution in [0.1, 0.15) is 44.8 Å². The normalized spacial score (nSPS) is 12.1. The van der Waals surface area contributed by atoms with Gasteiger partial charge in [-0.1, -0.05) is 66.7 Å². The number of hydrogen-bond acceptors (Lipinski definition) is 5. The van der Waals surface area contributed by atoms with Gasteiger partial charge in [0.15, 0.2) is 11.6 Å². The van der Waals surface area contributed by atoms with Crippen LogP contribution in [0.4, 0.5) is 0 Å². The summed E-state index contributed by atoms with van der Waals surface area (Å²) in [5.41, 5.74) is 6.14. The number of nitrogens with one attached hydrogen (secondary N) is 2. The van der Waals surface area contributed by atoms with Crippen molar-refractivity contribution < 1.29 is 14.7 Å². The molecule has 7 nitrogen and oxygen atoms in total. The lowest BCUT2D eigenvalue weighted by Gasteiger charge is -2.18. The zero-order valence-electron chi connectivity index (χ0n) is 21.2. The second-order valence-corrected chi connectivity index (χ2v) is 9.34. The monoisotopic (exact) mass is 506 g/mol. The number of fused-ring (bicyclic) bond motifs is 1. The first-order valence-corrected chi connectivity index (χ1v) is 12.7. The summed E-state index contributed by atoms with van der Waals surface area (Å²) in [6.45, 7) is 2.65. The van der Waals surface area contributed by atoms with Gasteiger partial charge in [-0.05, 0) is 36.1 Å². The number of benzene rings is 3. The molecule has 192 valence electrons. The third-order valence-electron chi connectivity index (χ3n) is 6.76. The van der Waals surface area contributed by atoms with Crippen molar-refractivity contribution in [2.24, 2.45) is 0 Å². The van der Waals surface area contributed by atoms with E-state index in [1.165, 1.54) is 0 Å². The molecule has 0 bridgehead atoms. The van der Waals surface area contributed by atoms with Gasteiger partial charge in [0.2, 0.25) is 0 Å². The summed E-state index contributed by atoms with van der Waals surface area (Å²) in [6.07, 6.45) is 6.18. The molecule has 0 radical (unpaired) electrons. The first-order chi connectivity index (χ1) is 18.5. The minimum absolute atomic E-state index is 0.00195. The number of carbonyl (C=O) groups is 2. The molecule has 3 aromatic carbocycles. The molecule has 0 unspecified atom stereocenters. The number of H-pyrrole nitrogens is 1. The van der Waals surface area contributed by atoms with Crippen LogP contribution in [0, 0.1) is 0 Å². The van der Waals surface area contributed by atoms with E-state index in [1.54, 1.807) is 24.0 Å². The van der Waals surface area contributed by atoms with E-state index >= 15 is 0 Å². The number of rotatable bonds is 11. The fraction of sp³-hybridized carbons (Fsp3) is 0.194. The Morgan fingerprint density at radius 3 is 2.55 bits per heavy atom. The minimum Gasteiger partial charge on any atom is -0.394 e. The smallest absolute Gasteiger partial charge is 0.186 e. The van der Waals surface area contributed by atoms with Crippen molar-refractivity contribution in [1.29, 1.82) is 0 Å². The average molecular weight is 507 g/mol. The summed E-state index contributed by atoms with van der Waals surface area (Å²) in [5, 5.41) is 17.8. The first-order valence-electron chi connectivity index (χ1n) is 12.7. The summed E-state index contributed by atoms with van der Waals surface area (Å²) in [4.78, 5) is 28.7. The van der Waals surface area contributed by atoms with Crippen molar-refractivity contribution in [2.75, 3.05) is 13.2 Å². The number of aliphatic hydroxyl groups excluding tert-OH is 1. The molecule has 0 aliphatic rings. The summed E-state index contributed by atoms with van der Waals surface area (Å²) in [7, 11) is 0. The zero-order chi connectivity index (χ0) is 26.5. The maximum atomic E-state index is 13.9. The van der Waals surface area contributed by atoms with Crippen LogP contribution in [-0.2, 0) is 13.0 Å². The number of nitrogens with zero attached hydrogens (tertiary/aromatic N) is 2. The third kappa shape index (κ3) is 5.49. The minimum atomic E-state index is -0.497. The van der Waals surface area contributed by atoms with Crippen LogP contribution in [0.25, 0.3) is 22.0 Å². The molecular weight excluding hydrogens is 476 g/mol. The van der Waals surface area contributed by atoms with Crippen LogP contribution < -0.4 is 5.32 Å². The van der Waals surface area contributed by atoms with Crippen molar-refractivity contribution in [3.63, 3.8) is 0 Å². The zero-order valence-corrected chi connectivity index (χ0v) is 21.2. The number of hydrogen-bond donors (Lipinski definition) is 3. The largest absolute Gasteiger partial charge is 0.394 e. The Balaban J connectivity index is 1.36. The van der Waals surface area contributed by atoms with Crippen LogP contribution >= 0.6 is 0 Å². The SMILES string of the molecule is CC(=O)c1ccc(CCN[C@@H](C(=O)c2c[nH]c3cc(-c4cnn(CCO)c4)ccc23)c2ccccc2)cc1. The molecule has 2 aromatic heterocycles. The van der Waals surface area contributed by atoms with Crippen LogP contribution in [0.15, 0.2) is 91.4 Å². The Labute approximate surface area is 221 Å². The highest BCUT2D eigenvalue weighted by atomic mass is 16.3. The van der Waals surface area contributed by atoms with Gasteiger partial charge >= 0.3 is 0 Å². The number of Topliss-reactive ketones (excluding diaryl/α,β-unsaturated/α-hetero) is 2. The number of ketones is 2. The molecule has 7 heteroatoms. The Morgan fingerprint density at radius 2 is 1.82 bits per heavy atom. The van der Waals surface area contributed by atoms with E-state index < -0.39 is 6.04 Å². The Hall–Kier alpha value is -4.33. The van der Waals surface area contributed by atoms with E-state index in [0.29, 0.717) is 24.2 Å². The summed E-state index contributed by atoms with van der Waals surface area (Å²) in [6, 6.07) is 22.8. The van der Waals surface area contributed by atoms with Crippen LogP contribution in [-0.4, -0.2) is 44.6 Å². The second kappa shape index (κ2) is 11.4. The topological polar surface area (TPSA) is 100 Å². The molecule has 0 saturated carbocycles. The van der Waals surface area contributed by atoms with Crippen molar-refractivity contribution in [3.8, 4) is 11.1 Å². The quantitative estimate of drug-likeness (QED) is 0.219. The molecule has 0 saturated heterocycles. The van der Waals surface area contributed by atoms with Crippen LogP contribution in [0.2, 0.25) is 0 Å². The predicted molar refractivity (Wildman–Crippen MR) is 148 cm³/mol. The van der Waals surface area contributed by atoms with Gasteiger partial charge in [-0.25, -0.2) is 0 Å². The van der Waals surface area contributed by atoms with Gasteiger partial charge in [-0.15, -0.1) is 0 Å². The standard InChI is InChI=1S/C31H30N4O3/c1-21(37)23-9-7-22(8-10-23)13-14-32-30(24-5-3-2-4-6-24)31(38)28-19-33-29-17-25(11-12-27(28)29)26-18-34-35(20-26)15-16-36/h2-12,17-20,30,32-33,36H,13-16H2,1H3/t30-/m1/s1. The highest BCUT2D eigenvalue weighted by Crippen LogP contribution is 2.29. The van der Waals surface area contributed by atoms with Crippen molar-refractivity contribution in [3.05, 3.63) is 114 Å². The molecule has 0 amide bonds. The number of aromatic amines is 1. The van der Waals surface area contributed by atoms with Gasteiger partial charge in [0.05, 0.1) is 25.4 Å². The van der Waals surface area contributed by atoms with Crippen LogP contribution in [0.5, 0.6) is 0 Å². The van der Waals surface area contributed by atoms with Crippen molar-refractivity contribution in [2.45, 2.75) is 25.9 Å². The number of aliphatic hydroxyl groups is 1. The molecule has 2 heterocycles. The number of aromatic nitrogens is 3. The summed E-state index contributed by atoms with van der Waals surface area (Å²) in [5.74, 6) is 0.0462. The molecule has 0 spiro atoms. The van der Waals surface area contributed by atoms with E-state index in [4.69, 9.17) is 5.11 Å². The van der Waals surface area contributed by atoms with Gasteiger partial charge in [0, 0.05) is 46.5 Å². The van der Waals surface area contributed by atoms with Gasteiger partial charge in [0.1, 0.15) is 0 Å². The van der Waals surface area contributed by atoms with Gasteiger partial charge in [-0.3, -0.25) is 14.3 Å². The van der Waals surface area contributed by atoms with E-state index in [1.807, 2.05) is 79.0 Å². The van der Waals surface area contributed by atoms with Gasteiger partial charge in [-0.2, -0.15) is 5.10 Å². The van der Waals surface area contributed by atoms with E-state index in [0.717, 1.165) is 39.6 Å². The maximum absolute atomic E-state index is 13.9.